The molecule has 0 saturated carbocycles. The van der Waals surface area contributed by atoms with Crippen LogP contribution in [0.5, 0.6) is 0 Å². The molecule has 0 radical (unpaired) electrons. The lowest BCUT2D eigenvalue weighted by atomic mass is 10.2. The van der Waals surface area contributed by atoms with Gasteiger partial charge in [0.05, 0.1) is 10.2 Å². The Morgan fingerprint density at radius 3 is 2.95 bits per heavy atom. The van der Waals surface area contributed by atoms with Crippen molar-refractivity contribution < 1.29 is 4.79 Å². The second kappa shape index (κ2) is 5.92. The van der Waals surface area contributed by atoms with E-state index in [1.54, 1.807) is 11.3 Å². The first-order valence-electron chi connectivity index (χ1n) is 6.78. The van der Waals surface area contributed by atoms with E-state index in [9.17, 15) is 4.79 Å². The van der Waals surface area contributed by atoms with Crippen LogP contribution >= 0.6 is 22.9 Å². The van der Waals surface area contributed by atoms with Gasteiger partial charge in [0.2, 0.25) is 0 Å². The van der Waals surface area contributed by atoms with Gasteiger partial charge in [-0.05, 0) is 42.1 Å². The van der Waals surface area contributed by atoms with Crippen molar-refractivity contribution in [2.24, 2.45) is 0 Å². The molecule has 0 saturated heterocycles. The van der Waals surface area contributed by atoms with E-state index in [1.165, 1.54) is 0 Å². The number of aromatic nitrogens is 1. The van der Waals surface area contributed by atoms with Gasteiger partial charge in [0, 0.05) is 18.1 Å². The molecule has 0 spiro atoms. The van der Waals surface area contributed by atoms with E-state index in [1.807, 2.05) is 47.2 Å². The molecule has 21 heavy (non-hydrogen) atoms. The number of nitrogens with one attached hydrogen (secondary N) is 1. The first kappa shape index (κ1) is 14.2. The van der Waals surface area contributed by atoms with Gasteiger partial charge in [-0.25, -0.2) is 0 Å². The fourth-order valence-electron chi connectivity index (χ4n) is 2.43. The van der Waals surface area contributed by atoms with Crippen LogP contribution in [0.15, 0.2) is 41.8 Å². The van der Waals surface area contributed by atoms with E-state index in [4.69, 9.17) is 11.6 Å². The molecule has 0 aliphatic carbocycles. The summed E-state index contributed by atoms with van der Waals surface area (Å²) < 4.78 is 3.18. The van der Waals surface area contributed by atoms with E-state index in [2.05, 4.69) is 11.4 Å². The fraction of sp³-hybridized carbons (Fsp3) is 0.188. The monoisotopic (exact) mass is 318 g/mol. The molecule has 0 atom stereocenters. The van der Waals surface area contributed by atoms with Crippen molar-refractivity contribution in [1.82, 2.24) is 9.88 Å². The molecule has 1 aromatic carbocycles. The molecule has 3 rings (SSSR count). The lowest BCUT2D eigenvalue weighted by molar-refractivity contribution is 0.0942. The Morgan fingerprint density at radius 2 is 2.19 bits per heavy atom. The summed E-state index contributed by atoms with van der Waals surface area (Å²) in [7, 11) is 0. The van der Waals surface area contributed by atoms with E-state index >= 15 is 0 Å². The van der Waals surface area contributed by atoms with Crippen molar-refractivity contribution in [1.29, 1.82) is 0 Å². The molecule has 0 fully saturated rings. The number of carbonyl (C=O) groups is 1. The highest BCUT2D eigenvalue weighted by Gasteiger charge is 2.15. The minimum Gasteiger partial charge on any atom is -0.347 e. The maximum atomic E-state index is 12.4. The Bertz CT molecular complexity index is 791. The maximum absolute atomic E-state index is 12.4. The number of hydrogen-bond donors (Lipinski definition) is 1. The smallest absolute Gasteiger partial charge is 0.268 e. The predicted octanol–water partition coefficient (Wildman–Crippen LogP) is 4.31. The highest BCUT2D eigenvalue weighted by Crippen LogP contribution is 2.25. The van der Waals surface area contributed by atoms with Crippen LogP contribution in [0.1, 0.15) is 23.0 Å². The predicted molar refractivity (Wildman–Crippen MR) is 88.1 cm³/mol. The standard InChI is InChI=1S/C16H15ClN2OS/c1-2-19-13-6-7-21-15(13)9-14(19)16(20)18-10-11-4-3-5-12(17)8-11/h3-9H,2,10H2,1H3,(H,18,20). The second-order valence-corrected chi connectivity index (χ2v) is 6.14. The Kier molecular flexibility index (Phi) is 3.99. The number of amides is 1. The van der Waals surface area contributed by atoms with Crippen LogP contribution in [0.3, 0.4) is 0 Å². The summed E-state index contributed by atoms with van der Waals surface area (Å²) in [5.74, 6) is -0.0553. The summed E-state index contributed by atoms with van der Waals surface area (Å²) in [6.45, 7) is 3.30. The van der Waals surface area contributed by atoms with E-state index in [0.29, 0.717) is 17.3 Å². The van der Waals surface area contributed by atoms with Gasteiger partial charge in [0.25, 0.3) is 5.91 Å². The minimum absolute atomic E-state index is 0.0553. The van der Waals surface area contributed by atoms with Crippen LogP contribution in [0.2, 0.25) is 5.02 Å². The highest BCUT2D eigenvalue weighted by atomic mass is 35.5. The van der Waals surface area contributed by atoms with Gasteiger partial charge in [0.1, 0.15) is 5.69 Å². The quantitative estimate of drug-likeness (QED) is 0.764. The molecule has 108 valence electrons. The third kappa shape index (κ3) is 2.82. The third-order valence-electron chi connectivity index (χ3n) is 3.41. The molecular formula is C16H15ClN2OS. The Hall–Kier alpha value is -1.78. The van der Waals surface area contributed by atoms with Gasteiger partial charge in [-0.3, -0.25) is 4.79 Å². The maximum Gasteiger partial charge on any atom is 0.268 e. The van der Waals surface area contributed by atoms with E-state index in [0.717, 1.165) is 22.3 Å². The number of carbonyl (C=O) groups excluding carboxylic acids is 1. The number of aryl methyl sites for hydroxylation is 1. The van der Waals surface area contributed by atoms with Crippen LogP contribution in [-0.2, 0) is 13.1 Å². The molecule has 1 amide bonds. The van der Waals surface area contributed by atoms with Crippen molar-refractivity contribution >= 4 is 39.1 Å². The normalized spacial score (nSPS) is 11.0. The number of fused-ring (bicyclic) bond motifs is 1. The molecule has 3 nitrogen and oxygen atoms in total. The summed E-state index contributed by atoms with van der Waals surface area (Å²) in [6, 6.07) is 11.5. The lowest BCUT2D eigenvalue weighted by Gasteiger charge is -2.09. The summed E-state index contributed by atoms with van der Waals surface area (Å²) in [4.78, 5) is 12.4. The van der Waals surface area contributed by atoms with Crippen LogP contribution < -0.4 is 5.32 Å². The molecule has 0 unspecified atom stereocenters. The minimum atomic E-state index is -0.0553. The summed E-state index contributed by atoms with van der Waals surface area (Å²) >= 11 is 7.60. The van der Waals surface area contributed by atoms with Crippen LogP contribution in [0.25, 0.3) is 10.2 Å². The van der Waals surface area contributed by atoms with Gasteiger partial charge in [0.15, 0.2) is 0 Å². The third-order valence-corrected chi connectivity index (χ3v) is 4.50. The van der Waals surface area contributed by atoms with Crippen molar-refractivity contribution in [3.05, 3.63) is 58.1 Å². The van der Waals surface area contributed by atoms with Gasteiger partial charge >= 0.3 is 0 Å². The first-order chi connectivity index (χ1) is 10.2. The zero-order valence-electron chi connectivity index (χ0n) is 11.6. The average Bonchev–Trinajstić information content (AvgIpc) is 3.05. The number of rotatable bonds is 4. The topological polar surface area (TPSA) is 34.0 Å². The number of halogens is 1. The van der Waals surface area contributed by atoms with Crippen molar-refractivity contribution in [2.45, 2.75) is 20.0 Å². The molecule has 1 N–H and O–H groups in total. The van der Waals surface area contributed by atoms with E-state index in [-0.39, 0.29) is 5.91 Å². The molecule has 2 heterocycles. The first-order valence-corrected chi connectivity index (χ1v) is 8.04. The van der Waals surface area contributed by atoms with Crippen molar-refractivity contribution in [3.8, 4) is 0 Å². The number of hydrogen-bond acceptors (Lipinski definition) is 2. The Labute approximate surface area is 132 Å². The Balaban J connectivity index is 1.79. The molecule has 5 heteroatoms. The Morgan fingerprint density at radius 1 is 1.33 bits per heavy atom. The van der Waals surface area contributed by atoms with Crippen LogP contribution in [0.4, 0.5) is 0 Å². The van der Waals surface area contributed by atoms with Crippen molar-refractivity contribution in [3.63, 3.8) is 0 Å². The zero-order valence-corrected chi connectivity index (χ0v) is 13.2. The van der Waals surface area contributed by atoms with Gasteiger partial charge in [-0.1, -0.05) is 23.7 Å². The lowest BCUT2D eigenvalue weighted by Crippen LogP contribution is -2.25. The summed E-state index contributed by atoms with van der Waals surface area (Å²) in [5, 5.41) is 5.68. The molecule has 2 aromatic heterocycles. The molecule has 0 aliphatic rings. The van der Waals surface area contributed by atoms with Gasteiger partial charge in [-0.2, -0.15) is 0 Å². The number of benzene rings is 1. The average molecular weight is 319 g/mol. The number of thiophene rings is 1. The molecule has 0 bridgehead atoms. The summed E-state index contributed by atoms with van der Waals surface area (Å²) in [5.41, 5.74) is 2.82. The van der Waals surface area contributed by atoms with Crippen LogP contribution in [-0.4, -0.2) is 10.5 Å². The SMILES string of the molecule is CCn1c(C(=O)NCc2cccc(Cl)c2)cc2sccc21. The summed E-state index contributed by atoms with van der Waals surface area (Å²) in [6.07, 6.45) is 0. The number of nitrogens with zero attached hydrogens (tertiary/aromatic N) is 1. The van der Waals surface area contributed by atoms with Gasteiger partial charge < -0.3 is 9.88 Å². The molecule has 3 aromatic rings. The van der Waals surface area contributed by atoms with Gasteiger partial charge in [-0.15, -0.1) is 11.3 Å². The van der Waals surface area contributed by atoms with Crippen LogP contribution in [0, 0.1) is 0 Å². The van der Waals surface area contributed by atoms with Crippen molar-refractivity contribution in [2.75, 3.05) is 0 Å². The zero-order chi connectivity index (χ0) is 14.8. The van der Waals surface area contributed by atoms with E-state index < -0.39 is 0 Å². The fourth-order valence-corrected chi connectivity index (χ4v) is 3.46. The largest absolute Gasteiger partial charge is 0.347 e. The molecular weight excluding hydrogens is 304 g/mol. The molecule has 0 aliphatic heterocycles. The second-order valence-electron chi connectivity index (χ2n) is 4.76. The highest BCUT2D eigenvalue weighted by molar-refractivity contribution is 7.17.